The Morgan fingerprint density at radius 3 is 1.92 bits per heavy atom. The summed E-state index contributed by atoms with van der Waals surface area (Å²) in [7, 11) is 0. The molecule has 0 spiro atoms. The van der Waals surface area contributed by atoms with Gasteiger partial charge in [-0.3, -0.25) is 0 Å². The number of rotatable bonds is 0. The van der Waals surface area contributed by atoms with E-state index in [2.05, 4.69) is 9.97 Å². The summed E-state index contributed by atoms with van der Waals surface area (Å²) in [6.45, 7) is 0. The number of aromatic nitrogens is 2. The topological polar surface area (TPSA) is 25.8 Å². The number of thiophene rings is 1. The third-order valence-corrected chi connectivity index (χ3v) is 3.70. The molecule has 0 bridgehead atoms. The van der Waals surface area contributed by atoms with Crippen molar-refractivity contribution in [3.8, 4) is 0 Å². The average Bonchev–Trinajstić information content (AvgIpc) is 2.84. The second-order valence-corrected chi connectivity index (χ2v) is 4.89. The normalized spacial score (nSPS) is 9.54. The van der Waals surface area contributed by atoms with Crippen LogP contribution in [0.25, 0.3) is 9.66 Å². The number of thiazole rings is 2. The zero-order valence-corrected chi connectivity index (χ0v) is 9.03. The van der Waals surface area contributed by atoms with E-state index in [4.69, 9.17) is 0 Å². The molecular weight excluding hydrogens is 220 g/mol. The molecule has 0 aliphatic heterocycles. The third kappa shape index (κ3) is 2.33. The molecule has 3 heterocycles. The molecule has 0 unspecified atom stereocenters. The molecule has 3 rings (SSSR count). The zero-order valence-electron chi connectivity index (χ0n) is 6.58. The quantitative estimate of drug-likeness (QED) is 0.586. The summed E-state index contributed by atoms with van der Waals surface area (Å²) >= 11 is 4.99. The van der Waals surface area contributed by atoms with Crippen molar-refractivity contribution in [1.29, 1.82) is 0 Å². The standard InChI is InChI=1S/C4H2N2S2.C4H4S/c1-5-3-4(7-1)8-2-6-3;1-2-4-5-3-1/h1-2H;1-4H. The smallest absolute Gasteiger partial charge is 0.181 e. The average molecular weight is 226 g/mol. The molecule has 3 aromatic heterocycles. The van der Waals surface area contributed by atoms with E-state index in [1.165, 1.54) is 4.01 Å². The van der Waals surface area contributed by atoms with Crippen molar-refractivity contribution in [1.82, 2.24) is 9.97 Å². The van der Waals surface area contributed by atoms with Gasteiger partial charge < -0.3 is 0 Å². The van der Waals surface area contributed by atoms with Gasteiger partial charge in [-0.15, -0.1) is 22.7 Å². The van der Waals surface area contributed by atoms with Crippen molar-refractivity contribution < 1.29 is 0 Å². The fourth-order valence-corrected chi connectivity index (χ4v) is 2.60. The molecule has 0 aromatic carbocycles. The van der Waals surface area contributed by atoms with E-state index in [0.717, 1.165) is 5.65 Å². The Bertz CT molecular complexity index is 372. The van der Waals surface area contributed by atoms with Crippen molar-refractivity contribution in [3.63, 3.8) is 0 Å². The van der Waals surface area contributed by atoms with Crippen LogP contribution in [-0.4, -0.2) is 9.97 Å². The van der Waals surface area contributed by atoms with Gasteiger partial charge in [0.1, 0.15) is 4.01 Å². The van der Waals surface area contributed by atoms with E-state index in [1.54, 1.807) is 34.0 Å². The zero-order chi connectivity index (χ0) is 8.93. The van der Waals surface area contributed by atoms with Crippen LogP contribution >= 0.6 is 34.0 Å². The van der Waals surface area contributed by atoms with Crippen LogP contribution in [0.15, 0.2) is 33.9 Å². The van der Waals surface area contributed by atoms with Crippen LogP contribution in [0, 0.1) is 0 Å². The Balaban J connectivity index is 0.000000113. The van der Waals surface area contributed by atoms with E-state index in [-0.39, 0.29) is 0 Å². The maximum atomic E-state index is 4.00. The Labute approximate surface area is 87.5 Å². The Morgan fingerprint density at radius 2 is 1.54 bits per heavy atom. The van der Waals surface area contributed by atoms with Crippen LogP contribution in [0.1, 0.15) is 0 Å². The molecule has 66 valence electrons. The van der Waals surface area contributed by atoms with Gasteiger partial charge in [0.15, 0.2) is 5.65 Å². The summed E-state index contributed by atoms with van der Waals surface area (Å²) in [5.74, 6) is 0. The molecule has 0 fully saturated rings. The van der Waals surface area contributed by atoms with Crippen LogP contribution in [-0.2, 0) is 0 Å². The van der Waals surface area contributed by atoms with Crippen molar-refractivity contribution in [2.45, 2.75) is 0 Å². The highest BCUT2D eigenvalue weighted by Gasteiger charge is 1.94. The highest BCUT2D eigenvalue weighted by atomic mass is 32.2. The number of hydrogen-bond acceptors (Lipinski definition) is 5. The molecule has 0 saturated heterocycles. The summed E-state index contributed by atoms with van der Waals surface area (Å²) in [4.78, 5) is 7.99. The molecule has 0 saturated carbocycles. The highest BCUT2D eigenvalue weighted by molar-refractivity contribution is 7.36. The summed E-state index contributed by atoms with van der Waals surface area (Å²) in [5.41, 5.74) is 4.52. The molecule has 2 nitrogen and oxygen atoms in total. The number of hydrogen-bond donors (Lipinski definition) is 0. The van der Waals surface area contributed by atoms with Crippen molar-refractivity contribution >= 4 is 43.7 Å². The lowest BCUT2D eigenvalue weighted by molar-refractivity contribution is 1.37. The van der Waals surface area contributed by atoms with Gasteiger partial charge in [0, 0.05) is 0 Å². The first-order chi connectivity index (χ1) is 6.47. The van der Waals surface area contributed by atoms with Gasteiger partial charge in [-0.1, -0.05) is 12.1 Å². The van der Waals surface area contributed by atoms with Gasteiger partial charge in [0.05, 0.1) is 11.0 Å². The van der Waals surface area contributed by atoms with Gasteiger partial charge in [0.2, 0.25) is 0 Å². The van der Waals surface area contributed by atoms with Crippen LogP contribution in [0.5, 0.6) is 0 Å². The second kappa shape index (κ2) is 4.45. The predicted octanol–water partition coefficient (Wildman–Crippen LogP) is 3.50. The molecule has 5 heteroatoms. The van der Waals surface area contributed by atoms with E-state index in [1.807, 2.05) is 33.9 Å². The van der Waals surface area contributed by atoms with Crippen molar-refractivity contribution in [3.05, 3.63) is 33.9 Å². The minimum atomic E-state index is 0.889. The lowest BCUT2D eigenvalue weighted by Crippen LogP contribution is -1.58. The number of fused-ring (bicyclic) bond motifs is 1. The van der Waals surface area contributed by atoms with Crippen molar-refractivity contribution in [2.24, 2.45) is 0 Å². The Kier molecular flexibility index (Phi) is 3.02. The van der Waals surface area contributed by atoms with Crippen LogP contribution in [0.4, 0.5) is 0 Å². The molecule has 0 radical (unpaired) electrons. The second-order valence-electron chi connectivity index (χ2n) is 2.11. The first-order valence-corrected chi connectivity index (χ1v) is 6.27. The first-order valence-electron chi connectivity index (χ1n) is 3.56. The molecule has 0 aliphatic carbocycles. The third-order valence-electron chi connectivity index (χ3n) is 1.28. The van der Waals surface area contributed by atoms with Crippen LogP contribution in [0.3, 0.4) is 0 Å². The number of nitrogens with zero attached hydrogens (tertiary/aromatic N) is 2. The van der Waals surface area contributed by atoms with Gasteiger partial charge in [-0.2, -0.15) is 11.3 Å². The Hall–Kier alpha value is -0.780. The van der Waals surface area contributed by atoms with Gasteiger partial charge >= 0.3 is 0 Å². The predicted molar refractivity (Wildman–Crippen MR) is 59.6 cm³/mol. The monoisotopic (exact) mass is 226 g/mol. The summed E-state index contributed by atoms with van der Waals surface area (Å²) in [6.07, 6.45) is 0. The van der Waals surface area contributed by atoms with Crippen LogP contribution in [0.2, 0.25) is 0 Å². The summed E-state index contributed by atoms with van der Waals surface area (Å²) in [6, 6.07) is 4.04. The molecule has 0 N–H and O–H groups in total. The maximum Gasteiger partial charge on any atom is 0.181 e. The van der Waals surface area contributed by atoms with Crippen molar-refractivity contribution in [2.75, 3.05) is 0 Å². The molecule has 0 amide bonds. The Morgan fingerprint density at radius 1 is 0.923 bits per heavy atom. The minimum Gasteiger partial charge on any atom is -0.224 e. The van der Waals surface area contributed by atoms with Gasteiger partial charge in [0.25, 0.3) is 0 Å². The largest absolute Gasteiger partial charge is 0.224 e. The molecular formula is C8H6N2S3. The fourth-order valence-electron chi connectivity index (χ4n) is 0.747. The lowest BCUT2D eigenvalue weighted by atomic mass is 10.7. The summed E-state index contributed by atoms with van der Waals surface area (Å²) < 4.78 is 1.21. The van der Waals surface area contributed by atoms with E-state index in [0.29, 0.717) is 0 Å². The van der Waals surface area contributed by atoms with Crippen LogP contribution < -0.4 is 0 Å². The van der Waals surface area contributed by atoms with E-state index >= 15 is 0 Å². The first kappa shape index (κ1) is 8.80. The maximum absolute atomic E-state index is 4.00. The molecule has 3 aromatic rings. The fraction of sp³-hybridized carbons (Fsp3) is 0. The van der Waals surface area contributed by atoms with E-state index < -0.39 is 0 Å². The van der Waals surface area contributed by atoms with Gasteiger partial charge in [-0.25, -0.2) is 9.97 Å². The van der Waals surface area contributed by atoms with Gasteiger partial charge in [-0.05, 0) is 10.8 Å². The molecule has 0 aliphatic rings. The SMILES string of the molecule is c1ccsc1.c1nc2ncsc2s1. The minimum absolute atomic E-state index is 0.889. The molecule has 13 heavy (non-hydrogen) atoms. The highest BCUT2D eigenvalue weighted by Crippen LogP contribution is 2.19. The van der Waals surface area contributed by atoms with E-state index in [9.17, 15) is 0 Å². The molecule has 0 atom stereocenters. The summed E-state index contributed by atoms with van der Waals surface area (Å²) in [5, 5.41) is 4.08. The lowest BCUT2D eigenvalue weighted by Gasteiger charge is -1.60.